The van der Waals surface area contributed by atoms with Crippen molar-refractivity contribution in [2.24, 2.45) is 5.92 Å². The van der Waals surface area contributed by atoms with E-state index < -0.39 is 0 Å². The number of fused-ring (bicyclic) bond motifs is 1. The number of anilines is 1. The Labute approximate surface area is 146 Å². The molecule has 4 rings (SSSR count). The van der Waals surface area contributed by atoms with E-state index in [0.717, 1.165) is 49.5 Å². The molecule has 0 bridgehead atoms. The van der Waals surface area contributed by atoms with Gasteiger partial charge < -0.3 is 9.64 Å². The van der Waals surface area contributed by atoms with Crippen LogP contribution < -0.4 is 9.64 Å². The lowest BCUT2D eigenvalue weighted by Gasteiger charge is -2.33. The summed E-state index contributed by atoms with van der Waals surface area (Å²) in [5.41, 5.74) is 0.391. The summed E-state index contributed by atoms with van der Waals surface area (Å²) in [5, 5.41) is 0.779. The summed E-state index contributed by atoms with van der Waals surface area (Å²) >= 11 is 0. The van der Waals surface area contributed by atoms with Crippen LogP contribution >= 0.6 is 0 Å². The van der Waals surface area contributed by atoms with E-state index in [1.165, 1.54) is 12.4 Å². The predicted octanol–water partition coefficient (Wildman–Crippen LogP) is 4.06. The van der Waals surface area contributed by atoms with Crippen molar-refractivity contribution in [3.63, 3.8) is 0 Å². The lowest BCUT2D eigenvalue weighted by molar-refractivity contribution is 0.223. The van der Waals surface area contributed by atoms with Crippen LogP contribution in [0, 0.1) is 11.7 Å². The first-order valence-corrected chi connectivity index (χ1v) is 8.63. The van der Waals surface area contributed by atoms with Gasteiger partial charge >= 0.3 is 0 Å². The van der Waals surface area contributed by atoms with Gasteiger partial charge in [0.2, 0.25) is 0 Å². The number of nitrogens with zero attached hydrogens (tertiary/aromatic N) is 3. The van der Waals surface area contributed by atoms with Gasteiger partial charge in [-0.25, -0.2) is 14.4 Å². The predicted molar refractivity (Wildman–Crippen MR) is 96.4 cm³/mol. The van der Waals surface area contributed by atoms with Crippen molar-refractivity contribution in [1.29, 1.82) is 0 Å². The van der Waals surface area contributed by atoms with Crippen molar-refractivity contribution in [3.05, 3.63) is 60.7 Å². The van der Waals surface area contributed by atoms with Crippen molar-refractivity contribution >= 4 is 16.7 Å². The Morgan fingerprint density at radius 2 is 1.80 bits per heavy atom. The molecule has 2 aromatic carbocycles. The molecular weight excluding hydrogens is 317 g/mol. The van der Waals surface area contributed by atoms with Crippen LogP contribution in [0.15, 0.2) is 54.9 Å². The average molecular weight is 337 g/mol. The fourth-order valence-corrected chi connectivity index (χ4v) is 3.33. The number of benzene rings is 2. The molecule has 0 atom stereocenters. The maximum Gasteiger partial charge on any atom is 0.149 e. The zero-order valence-corrected chi connectivity index (χ0v) is 13.9. The van der Waals surface area contributed by atoms with Gasteiger partial charge in [0.1, 0.15) is 29.2 Å². The third-order valence-corrected chi connectivity index (χ3v) is 4.74. The number of hydrogen-bond acceptors (Lipinski definition) is 4. The van der Waals surface area contributed by atoms with E-state index in [1.54, 1.807) is 6.07 Å². The number of piperidine rings is 1. The Hall–Kier alpha value is -2.69. The number of aromatic nitrogens is 2. The van der Waals surface area contributed by atoms with Crippen molar-refractivity contribution in [1.82, 2.24) is 9.97 Å². The minimum Gasteiger partial charge on any atom is -0.493 e. The van der Waals surface area contributed by atoms with Crippen LogP contribution in [0.1, 0.15) is 12.8 Å². The summed E-state index contributed by atoms with van der Waals surface area (Å²) in [7, 11) is 0. The quantitative estimate of drug-likeness (QED) is 0.719. The Morgan fingerprint density at radius 3 is 2.60 bits per heavy atom. The maximum absolute atomic E-state index is 13.9. The second-order valence-electron chi connectivity index (χ2n) is 6.39. The Kier molecular flexibility index (Phi) is 4.46. The van der Waals surface area contributed by atoms with E-state index in [4.69, 9.17) is 4.74 Å². The van der Waals surface area contributed by atoms with Gasteiger partial charge in [0.05, 0.1) is 6.61 Å². The topological polar surface area (TPSA) is 38.2 Å². The van der Waals surface area contributed by atoms with Gasteiger partial charge in [-0.3, -0.25) is 0 Å². The first-order valence-electron chi connectivity index (χ1n) is 8.63. The van der Waals surface area contributed by atoms with E-state index in [-0.39, 0.29) is 5.82 Å². The molecule has 0 unspecified atom stereocenters. The second-order valence-corrected chi connectivity index (χ2v) is 6.39. The van der Waals surface area contributed by atoms with Crippen LogP contribution in [-0.2, 0) is 0 Å². The molecule has 0 N–H and O–H groups in total. The van der Waals surface area contributed by atoms with E-state index in [2.05, 4.69) is 14.9 Å². The van der Waals surface area contributed by atoms with Crippen molar-refractivity contribution in [3.8, 4) is 5.75 Å². The van der Waals surface area contributed by atoms with Crippen LogP contribution in [0.2, 0.25) is 0 Å². The van der Waals surface area contributed by atoms with Gasteiger partial charge in [0.25, 0.3) is 0 Å². The van der Waals surface area contributed by atoms with Gasteiger partial charge in [-0.15, -0.1) is 0 Å². The van der Waals surface area contributed by atoms with Gasteiger partial charge in [-0.2, -0.15) is 0 Å². The lowest BCUT2D eigenvalue weighted by Crippen LogP contribution is -2.36. The standard InChI is InChI=1S/C20H20FN3O/c21-18-8-4-7-17-19(18)22-14-23-20(17)24-11-9-15(10-12-24)13-25-16-5-2-1-3-6-16/h1-8,14-15H,9-13H2. The molecule has 0 spiro atoms. The highest BCUT2D eigenvalue weighted by Crippen LogP contribution is 2.28. The summed E-state index contributed by atoms with van der Waals surface area (Å²) in [4.78, 5) is 10.7. The van der Waals surface area contributed by atoms with Gasteiger partial charge in [0, 0.05) is 18.5 Å². The molecule has 1 saturated heterocycles. The Bertz CT molecular complexity index is 848. The zero-order valence-electron chi connectivity index (χ0n) is 13.9. The van der Waals surface area contributed by atoms with E-state index >= 15 is 0 Å². The monoisotopic (exact) mass is 337 g/mol. The molecule has 3 aromatic rings. The highest BCUT2D eigenvalue weighted by molar-refractivity contribution is 5.89. The highest BCUT2D eigenvalue weighted by atomic mass is 19.1. The third kappa shape index (κ3) is 3.40. The molecular formula is C20H20FN3O. The zero-order chi connectivity index (χ0) is 17.1. The minimum atomic E-state index is -0.299. The molecule has 4 nitrogen and oxygen atoms in total. The van der Waals surface area contributed by atoms with Crippen molar-refractivity contribution in [2.75, 3.05) is 24.6 Å². The Morgan fingerprint density at radius 1 is 1.00 bits per heavy atom. The first kappa shape index (κ1) is 15.8. The summed E-state index contributed by atoms with van der Waals surface area (Å²) in [6.45, 7) is 2.52. The second kappa shape index (κ2) is 7.05. The molecule has 0 aliphatic carbocycles. The number of para-hydroxylation sites is 2. The average Bonchev–Trinajstić information content (AvgIpc) is 2.68. The molecule has 0 saturated carbocycles. The smallest absolute Gasteiger partial charge is 0.149 e. The summed E-state index contributed by atoms with van der Waals surface area (Å²) in [6.07, 6.45) is 3.52. The largest absolute Gasteiger partial charge is 0.493 e. The summed E-state index contributed by atoms with van der Waals surface area (Å²) < 4.78 is 19.8. The normalized spacial score (nSPS) is 15.5. The summed E-state index contributed by atoms with van der Waals surface area (Å²) in [5.74, 6) is 1.97. The SMILES string of the molecule is Fc1cccc2c(N3CCC(COc4ccccc4)CC3)ncnc12. The molecule has 25 heavy (non-hydrogen) atoms. The molecule has 1 aliphatic heterocycles. The van der Waals surface area contributed by atoms with Gasteiger partial charge in [-0.05, 0) is 43.0 Å². The van der Waals surface area contributed by atoms with Crippen LogP contribution in [0.4, 0.5) is 10.2 Å². The van der Waals surface area contributed by atoms with Gasteiger partial charge in [-0.1, -0.05) is 24.3 Å². The van der Waals surface area contributed by atoms with Crippen molar-refractivity contribution in [2.45, 2.75) is 12.8 Å². The van der Waals surface area contributed by atoms with Crippen LogP contribution in [-0.4, -0.2) is 29.7 Å². The third-order valence-electron chi connectivity index (χ3n) is 4.74. The molecule has 0 amide bonds. The fraction of sp³-hybridized carbons (Fsp3) is 0.300. The van der Waals surface area contributed by atoms with Crippen molar-refractivity contribution < 1.29 is 9.13 Å². The lowest BCUT2D eigenvalue weighted by atomic mass is 9.97. The van der Waals surface area contributed by atoms with Gasteiger partial charge in [0.15, 0.2) is 0 Å². The van der Waals surface area contributed by atoms with E-state index in [9.17, 15) is 4.39 Å². The number of halogens is 1. The molecule has 2 heterocycles. The minimum absolute atomic E-state index is 0.299. The van der Waals surface area contributed by atoms with E-state index in [0.29, 0.717) is 11.4 Å². The number of hydrogen-bond donors (Lipinski definition) is 0. The highest BCUT2D eigenvalue weighted by Gasteiger charge is 2.22. The molecule has 0 radical (unpaired) electrons. The number of ether oxygens (including phenoxy) is 1. The molecule has 128 valence electrons. The molecule has 1 fully saturated rings. The van der Waals surface area contributed by atoms with Crippen LogP contribution in [0.3, 0.4) is 0 Å². The summed E-state index contributed by atoms with van der Waals surface area (Å²) in [6, 6.07) is 15.0. The fourth-order valence-electron chi connectivity index (χ4n) is 3.33. The van der Waals surface area contributed by atoms with Crippen LogP contribution in [0.5, 0.6) is 5.75 Å². The first-order chi connectivity index (χ1) is 12.3. The molecule has 1 aromatic heterocycles. The van der Waals surface area contributed by atoms with Crippen LogP contribution in [0.25, 0.3) is 10.9 Å². The molecule has 5 heteroatoms. The van der Waals surface area contributed by atoms with E-state index in [1.807, 2.05) is 36.4 Å². The Balaban J connectivity index is 1.41. The molecule has 1 aliphatic rings. The maximum atomic E-state index is 13.9. The number of rotatable bonds is 4.